The second-order valence-electron chi connectivity index (χ2n) is 5.02. The Morgan fingerprint density at radius 3 is 2.82 bits per heavy atom. The highest BCUT2D eigenvalue weighted by Gasteiger charge is 2.11. The Morgan fingerprint density at radius 2 is 2.18 bits per heavy atom. The molecule has 0 radical (unpaired) electrons. The molecule has 1 atom stereocenters. The van der Waals surface area contributed by atoms with Gasteiger partial charge >= 0.3 is 6.03 Å². The smallest absolute Gasteiger partial charge is 0.315 e. The van der Waals surface area contributed by atoms with Crippen molar-refractivity contribution in [2.75, 3.05) is 0 Å². The Morgan fingerprint density at radius 1 is 1.41 bits per heavy atom. The van der Waals surface area contributed by atoms with Crippen molar-refractivity contribution >= 4 is 29.2 Å². The molecule has 7 heteroatoms. The van der Waals surface area contributed by atoms with Gasteiger partial charge in [0.15, 0.2) is 6.39 Å². The molecular formula is C15H17Cl2N3O2. The second kappa shape index (κ2) is 7.51. The maximum atomic E-state index is 11.9. The van der Waals surface area contributed by atoms with Crippen molar-refractivity contribution in [3.05, 3.63) is 51.7 Å². The summed E-state index contributed by atoms with van der Waals surface area (Å²) in [5, 5.41) is 6.78. The number of nitrogens with one attached hydrogen (secondary N) is 2. The van der Waals surface area contributed by atoms with Gasteiger partial charge in [0.2, 0.25) is 0 Å². The number of aryl methyl sites for hydroxylation is 1. The molecule has 1 heterocycles. The standard InChI is InChI=1S/C15H17Cl2N3O2/c1-9(5-11-3-4-12(16)6-13(11)17)20-15(21)18-7-14-10(2)22-8-19-14/h3-4,6,8-9H,5,7H2,1-2H3,(H2,18,20,21)/t9-/m0/s1. The maximum absolute atomic E-state index is 11.9. The first-order valence-electron chi connectivity index (χ1n) is 6.83. The first-order chi connectivity index (χ1) is 10.5. The minimum absolute atomic E-state index is 0.0721. The van der Waals surface area contributed by atoms with Crippen LogP contribution in [0.3, 0.4) is 0 Å². The molecule has 0 unspecified atom stereocenters. The van der Waals surface area contributed by atoms with E-state index in [9.17, 15) is 4.79 Å². The van der Waals surface area contributed by atoms with Crippen LogP contribution in [0.5, 0.6) is 0 Å². The van der Waals surface area contributed by atoms with Crippen LogP contribution < -0.4 is 10.6 Å². The van der Waals surface area contributed by atoms with E-state index in [1.165, 1.54) is 6.39 Å². The molecule has 5 nitrogen and oxygen atoms in total. The van der Waals surface area contributed by atoms with E-state index in [1.54, 1.807) is 19.1 Å². The van der Waals surface area contributed by atoms with Gasteiger partial charge in [0, 0.05) is 16.1 Å². The molecular weight excluding hydrogens is 325 g/mol. The highest BCUT2D eigenvalue weighted by molar-refractivity contribution is 6.35. The lowest BCUT2D eigenvalue weighted by Gasteiger charge is -2.15. The monoisotopic (exact) mass is 341 g/mol. The normalized spacial score (nSPS) is 12.0. The number of rotatable bonds is 5. The van der Waals surface area contributed by atoms with Crippen LogP contribution in [0.4, 0.5) is 4.79 Å². The highest BCUT2D eigenvalue weighted by Crippen LogP contribution is 2.22. The fourth-order valence-electron chi connectivity index (χ4n) is 2.01. The van der Waals surface area contributed by atoms with Crippen LogP contribution >= 0.6 is 23.2 Å². The quantitative estimate of drug-likeness (QED) is 0.870. The number of hydrogen-bond donors (Lipinski definition) is 2. The Labute approximate surface area is 139 Å². The Balaban J connectivity index is 1.82. The van der Waals surface area contributed by atoms with Gasteiger partial charge in [-0.05, 0) is 38.0 Å². The summed E-state index contributed by atoms with van der Waals surface area (Å²) in [6.45, 7) is 4.03. The number of amides is 2. The van der Waals surface area contributed by atoms with Crippen molar-refractivity contribution in [1.29, 1.82) is 0 Å². The Kier molecular flexibility index (Phi) is 5.69. The molecule has 2 rings (SSSR count). The summed E-state index contributed by atoms with van der Waals surface area (Å²) >= 11 is 12.0. The van der Waals surface area contributed by atoms with Crippen molar-refractivity contribution in [2.45, 2.75) is 32.9 Å². The Hall–Kier alpha value is -1.72. The molecule has 0 spiro atoms. The van der Waals surface area contributed by atoms with Crippen LogP contribution in [0.25, 0.3) is 0 Å². The van der Waals surface area contributed by atoms with Gasteiger partial charge in [-0.2, -0.15) is 0 Å². The summed E-state index contributed by atoms with van der Waals surface area (Å²) in [4.78, 5) is 15.9. The van der Waals surface area contributed by atoms with Crippen LogP contribution in [0.15, 0.2) is 29.0 Å². The van der Waals surface area contributed by atoms with Gasteiger partial charge in [0.1, 0.15) is 11.5 Å². The number of nitrogens with zero attached hydrogens (tertiary/aromatic N) is 1. The topological polar surface area (TPSA) is 67.2 Å². The molecule has 118 valence electrons. The van der Waals surface area contributed by atoms with Crippen molar-refractivity contribution in [1.82, 2.24) is 15.6 Å². The molecule has 1 aromatic carbocycles. The molecule has 0 saturated carbocycles. The van der Waals surface area contributed by atoms with Crippen LogP contribution in [0.2, 0.25) is 10.0 Å². The molecule has 0 fully saturated rings. The van der Waals surface area contributed by atoms with Crippen molar-refractivity contribution in [3.8, 4) is 0 Å². The summed E-state index contributed by atoms with van der Waals surface area (Å²) < 4.78 is 5.07. The van der Waals surface area contributed by atoms with Gasteiger partial charge in [-0.3, -0.25) is 0 Å². The third kappa shape index (κ3) is 4.64. The molecule has 0 saturated heterocycles. The number of benzene rings is 1. The zero-order valence-electron chi connectivity index (χ0n) is 12.3. The van der Waals surface area contributed by atoms with Crippen LogP contribution in [-0.2, 0) is 13.0 Å². The molecule has 2 aromatic rings. The number of carbonyl (C=O) groups excluding carboxylic acids is 1. The minimum atomic E-state index is -0.264. The van der Waals surface area contributed by atoms with E-state index in [-0.39, 0.29) is 12.1 Å². The maximum Gasteiger partial charge on any atom is 0.315 e. The van der Waals surface area contributed by atoms with Crippen molar-refractivity contribution in [2.24, 2.45) is 0 Å². The lowest BCUT2D eigenvalue weighted by Crippen LogP contribution is -2.41. The molecule has 0 bridgehead atoms. The number of halogens is 2. The van der Waals surface area contributed by atoms with Gasteiger partial charge in [0.05, 0.1) is 6.54 Å². The van der Waals surface area contributed by atoms with Crippen molar-refractivity contribution in [3.63, 3.8) is 0 Å². The molecule has 1 aromatic heterocycles. The molecule has 0 aliphatic carbocycles. The minimum Gasteiger partial charge on any atom is -0.448 e. The number of aromatic nitrogens is 1. The van der Waals surface area contributed by atoms with E-state index in [4.69, 9.17) is 27.6 Å². The lowest BCUT2D eigenvalue weighted by molar-refractivity contribution is 0.237. The lowest BCUT2D eigenvalue weighted by atomic mass is 10.1. The predicted molar refractivity (Wildman–Crippen MR) is 86.2 cm³/mol. The van der Waals surface area contributed by atoms with Crippen LogP contribution in [0.1, 0.15) is 23.9 Å². The molecule has 2 amide bonds. The summed E-state index contributed by atoms with van der Waals surface area (Å²) in [5.74, 6) is 0.696. The fraction of sp³-hybridized carbons (Fsp3) is 0.333. The predicted octanol–water partition coefficient (Wildman–Crippen LogP) is 3.72. The first kappa shape index (κ1) is 16.6. The van der Waals surface area contributed by atoms with E-state index >= 15 is 0 Å². The second-order valence-corrected chi connectivity index (χ2v) is 5.87. The van der Waals surface area contributed by atoms with Crippen LogP contribution in [0, 0.1) is 6.92 Å². The van der Waals surface area contributed by atoms with Gasteiger partial charge in [-0.25, -0.2) is 9.78 Å². The average Bonchev–Trinajstić information content (AvgIpc) is 2.85. The zero-order valence-corrected chi connectivity index (χ0v) is 13.8. The van der Waals surface area contributed by atoms with Gasteiger partial charge in [0.25, 0.3) is 0 Å². The summed E-state index contributed by atoms with van der Waals surface area (Å²) in [7, 11) is 0. The molecule has 2 N–H and O–H groups in total. The third-order valence-corrected chi connectivity index (χ3v) is 3.77. The zero-order chi connectivity index (χ0) is 16.1. The van der Waals surface area contributed by atoms with Crippen LogP contribution in [-0.4, -0.2) is 17.1 Å². The summed E-state index contributed by atoms with van der Waals surface area (Å²) in [6.07, 6.45) is 1.97. The highest BCUT2D eigenvalue weighted by atomic mass is 35.5. The summed E-state index contributed by atoms with van der Waals surface area (Å²) in [5.41, 5.74) is 1.65. The SMILES string of the molecule is Cc1ocnc1CNC(=O)N[C@@H](C)Cc1ccc(Cl)cc1Cl. The fourth-order valence-corrected chi connectivity index (χ4v) is 2.49. The van der Waals surface area contributed by atoms with E-state index in [0.717, 1.165) is 5.56 Å². The van der Waals surface area contributed by atoms with E-state index in [0.29, 0.717) is 34.5 Å². The van der Waals surface area contributed by atoms with E-state index in [2.05, 4.69) is 15.6 Å². The number of urea groups is 1. The average molecular weight is 342 g/mol. The molecule has 22 heavy (non-hydrogen) atoms. The van der Waals surface area contributed by atoms with E-state index in [1.807, 2.05) is 13.0 Å². The van der Waals surface area contributed by atoms with Crippen molar-refractivity contribution < 1.29 is 9.21 Å². The molecule has 0 aliphatic rings. The van der Waals surface area contributed by atoms with Gasteiger partial charge < -0.3 is 15.1 Å². The number of hydrogen-bond acceptors (Lipinski definition) is 3. The number of carbonyl (C=O) groups is 1. The first-order valence-corrected chi connectivity index (χ1v) is 7.58. The van der Waals surface area contributed by atoms with Gasteiger partial charge in [-0.15, -0.1) is 0 Å². The third-order valence-electron chi connectivity index (χ3n) is 3.18. The largest absolute Gasteiger partial charge is 0.448 e. The van der Waals surface area contributed by atoms with E-state index < -0.39 is 0 Å². The molecule has 0 aliphatic heterocycles. The number of oxazole rings is 1. The Bertz CT molecular complexity index is 658. The van der Waals surface area contributed by atoms with Gasteiger partial charge in [-0.1, -0.05) is 29.3 Å². The summed E-state index contributed by atoms with van der Waals surface area (Å²) in [6, 6.07) is 5.00.